The number of alkyl halides is 6. The fourth-order valence-corrected chi connectivity index (χ4v) is 1.45. The molecule has 0 saturated heterocycles. The van der Waals surface area contributed by atoms with Crippen molar-refractivity contribution in [3.63, 3.8) is 0 Å². The van der Waals surface area contributed by atoms with Gasteiger partial charge < -0.3 is 15.2 Å². The molecule has 0 amide bonds. The van der Waals surface area contributed by atoms with Crippen molar-refractivity contribution < 1.29 is 35.8 Å². The summed E-state index contributed by atoms with van der Waals surface area (Å²) in [6.45, 7) is 1.57. The molecule has 0 spiro atoms. The first kappa shape index (κ1) is 16.4. The van der Waals surface area contributed by atoms with Gasteiger partial charge in [0.05, 0.1) is 0 Å². The van der Waals surface area contributed by atoms with Crippen LogP contribution in [0, 0.1) is 0 Å². The molecular formula is C11H11F6NO2. The third kappa shape index (κ3) is 5.16. The van der Waals surface area contributed by atoms with E-state index < -0.39 is 30.3 Å². The second kappa shape index (κ2) is 5.78. The average molecular weight is 303 g/mol. The first-order valence-corrected chi connectivity index (χ1v) is 5.43. The molecule has 0 aliphatic heterocycles. The van der Waals surface area contributed by atoms with Gasteiger partial charge in [-0.3, -0.25) is 0 Å². The molecule has 0 heterocycles. The Bertz CT molecular complexity index is 457. The lowest BCUT2D eigenvalue weighted by Gasteiger charge is -2.18. The van der Waals surface area contributed by atoms with E-state index in [1.165, 1.54) is 0 Å². The highest BCUT2D eigenvalue weighted by Gasteiger charge is 2.34. The highest BCUT2D eigenvalue weighted by atomic mass is 19.4. The number of nitrogens with two attached hydrogens (primary N) is 1. The molecule has 0 fully saturated rings. The van der Waals surface area contributed by atoms with Gasteiger partial charge in [0, 0.05) is 11.6 Å². The van der Waals surface area contributed by atoms with E-state index in [1.807, 2.05) is 0 Å². The Labute approximate surface area is 110 Å². The minimum Gasteiger partial charge on any atom is -0.406 e. The second-order valence-electron chi connectivity index (χ2n) is 3.81. The van der Waals surface area contributed by atoms with Gasteiger partial charge in [-0.1, -0.05) is 6.92 Å². The Morgan fingerprint density at radius 1 is 1.05 bits per heavy atom. The normalized spacial score (nSPS) is 14.0. The summed E-state index contributed by atoms with van der Waals surface area (Å²) in [4.78, 5) is 0. The molecule has 1 aromatic rings. The standard InChI is InChI=1S/C11H11F6NO2/c1-2-8(18)7-5-6(19-10(12,13)14)3-4-9(7)20-11(15,16)17/h3-5,8H,2,18H2,1H3. The number of rotatable bonds is 4. The lowest BCUT2D eigenvalue weighted by molar-refractivity contribution is -0.277. The summed E-state index contributed by atoms with van der Waals surface area (Å²) in [5.74, 6) is -1.31. The predicted molar refractivity (Wildman–Crippen MR) is 57.0 cm³/mol. The molecule has 9 heteroatoms. The van der Waals surface area contributed by atoms with Crippen molar-refractivity contribution >= 4 is 0 Å². The van der Waals surface area contributed by atoms with E-state index >= 15 is 0 Å². The van der Waals surface area contributed by atoms with Crippen molar-refractivity contribution in [2.45, 2.75) is 32.1 Å². The van der Waals surface area contributed by atoms with Crippen LogP contribution in [0.25, 0.3) is 0 Å². The van der Waals surface area contributed by atoms with Crippen LogP contribution in [-0.4, -0.2) is 12.7 Å². The number of ether oxygens (including phenoxy) is 2. The van der Waals surface area contributed by atoms with Crippen LogP contribution in [0.3, 0.4) is 0 Å². The Balaban J connectivity index is 3.13. The predicted octanol–water partition coefficient (Wildman–Crippen LogP) is 3.89. The average Bonchev–Trinajstić information content (AvgIpc) is 2.26. The lowest BCUT2D eigenvalue weighted by Crippen LogP contribution is -2.21. The highest BCUT2D eigenvalue weighted by molar-refractivity contribution is 5.42. The lowest BCUT2D eigenvalue weighted by atomic mass is 10.0. The number of benzene rings is 1. The molecular weight excluding hydrogens is 292 g/mol. The maximum absolute atomic E-state index is 12.2. The topological polar surface area (TPSA) is 44.5 Å². The van der Waals surface area contributed by atoms with E-state index in [1.54, 1.807) is 6.92 Å². The van der Waals surface area contributed by atoms with Gasteiger partial charge in [0.15, 0.2) is 0 Å². The summed E-state index contributed by atoms with van der Waals surface area (Å²) in [7, 11) is 0. The summed E-state index contributed by atoms with van der Waals surface area (Å²) >= 11 is 0. The first-order chi connectivity index (χ1) is 9.02. The quantitative estimate of drug-likeness (QED) is 0.858. The molecule has 20 heavy (non-hydrogen) atoms. The summed E-state index contributed by atoms with van der Waals surface area (Å²) in [5, 5.41) is 0. The van der Waals surface area contributed by atoms with Gasteiger partial charge in [-0.05, 0) is 24.6 Å². The molecule has 114 valence electrons. The van der Waals surface area contributed by atoms with Crippen molar-refractivity contribution in [3.05, 3.63) is 23.8 Å². The van der Waals surface area contributed by atoms with Gasteiger partial charge in [-0.2, -0.15) is 0 Å². The zero-order valence-corrected chi connectivity index (χ0v) is 10.2. The maximum Gasteiger partial charge on any atom is 0.573 e. The van der Waals surface area contributed by atoms with Gasteiger partial charge in [0.1, 0.15) is 11.5 Å². The second-order valence-corrected chi connectivity index (χ2v) is 3.81. The van der Waals surface area contributed by atoms with E-state index in [4.69, 9.17) is 5.73 Å². The highest BCUT2D eigenvalue weighted by Crippen LogP contribution is 2.35. The molecule has 0 saturated carbocycles. The van der Waals surface area contributed by atoms with Gasteiger partial charge in [0.25, 0.3) is 0 Å². The van der Waals surface area contributed by atoms with Crippen LogP contribution in [0.5, 0.6) is 11.5 Å². The van der Waals surface area contributed by atoms with Crippen molar-refractivity contribution in [2.75, 3.05) is 0 Å². The molecule has 0 bridgehead atoms. The molecule has 1 aromatic carbocycles. The number of halogens is 6. The van der Waals surface area contributed by atoms with Gasteiger partial charge in [-0.15, -0.1) is 26.3 Å². The van der Waals surface area contributed by atoms with Crippen LogP contribution in [0.15, 0.2) is 18.2 Å². The van der Waals surface area contributed by atoms with Crippen molar-refractivity contribution in [2.24, 2.45) is 5.73 Å². The van der Waals surface area contributed by atoms with E-state index in [9.17, 15) is 26.3 Å². The van der Waals surface area contributed by atoms with E-state index in [-0.39, 0.29) is 12.0 Å². The van der Waals surface area contributed by atoms with E-state index in [0.29, 0.717) is 0 Å². The van der Waals surface area contributed by atoms with E-state index in [2.05, 4.69) is 9.47 Å². The molecule has 1 unspecified atom stereocenters. The van der Waals surface area contributed by atoms with Crippen LogP contribution in [0.1, 0.15) is 24.9 Å². The van der Waals surface area contributed by atoms with Gasteiger partial charge in [-0.25, -0.2) is 0 Å². The van der Waals surface area contributed by atoms with Crippen LogP contribution in [-0.2, 0) is 0 Å². The Kier molecular flexibility index (Phi) is 4.74. The fraction of sp³-hybridized carbons (Fsp3) is 0.455. The number of hydrogen-bond donors (Lipinski definition) is 1. The zero-order valence-electron chi connectivity index (χ0n) is 10.2. The van der Waals surface area contributed by atoms with Crippen LogP contribution < -0.4 is 15.2 Å². The number of hydrogen-bond acceptors (Lipinski definition) is 3. The Hall–Kier alpha value is -1.64. The Morgan fingerprint density at radius 3 is 2.05 bits per heavy atom. The molecule has 0 aliphatic rings. The third-order valence-corrected chi connectivity index (χ3v) is 2.28. The van der Waals surface area contributed by atoms with Crippen LogP contribution >= 0.6 is 0 Å². The zero-order chi connectivity index (χ0) is 15.6. The molecule has 0 radical (unpaired) electrons. The monoisotopic (exact) mass is 303 g/mol. The molecule has 1 rings (SSSR count). The largest absolute Gasteiger partial charge is 0.573 e. The van der Waals surface area contributed by atoms with Crippen molar-refractivity contribution in [1.82, 2.24) is 0 Å². The molecule has 1 atom stereocenters. The van der Waals surface area contributed by atoms with E-state index in [0.717, 1.165) is 18.2 Å². The fourth-order valence-electron chi connectivity index (χ4n) is 1.45. The minimum atomic E-state index is -4.96. The Morgan fingerprint density at radius 2 is 1.60 bits per heavy atom. The third-order valence-electron chi connectivity index (χ3n) is 2.28. The van der Waals surface area contributed by atoms with Crippen molar-refractivity contribution in [3.8, 4) is 11.5 Å². The van der Waals surface area contributed by atoms with Gasteiger partial charge in [0.2, 0.25) is 0 Å². The summed E-state index contributed by atoms with van der Waals surface area (Å²) in [6, 6.07) is 1.33. The molecule has 2 N–H and O–H groups in total. The van der Waals surface area contributed by atoms with Crippen molar-refractivity contribution in [1.29, 1.82) is 0 Å². The maximum atomic E-state index is 12.2. The first-order valence-electron chi connectivity index (χ1n) is 5.43. The summed E-state index contributed by atoms with van der Waals surface area (Å²) in [6.07, 6.45) is -9.70. The SMILES string of the molecule is CCC(N)c1cc(OC(F)(F)F)ccc1OC(F)(F)F. The molecule has 3 nitrogen and oxygen atoms in total. The van der Waals surface area contributed by atoms with Crippen LogP contribution in [0.2, 0.25) is 0 Å². The molecule has 0 aromatic heterocycles. The smallest absolute Gasteiger partial charge is 0.406 e. The van der Waals surface area contributed by atoms with Gasteiger partial charge >= 0.3 is 12.7 Å². The van der Waals surface area contributed by atoms with Crippen LogP contribution in [0.4, 0.5) is 26.3 Å². The molecule has 0 aliphatic carbocycles. The summed E-state index contributed by atoms with van der Waals surface area (Å²) in [5.41, 5.74) is 5.35. The minimum absolute atomic E-state index is 0.212. The summed E-state index contributed by atoms with van der Waals surface area (Å²) < 4.78 is 80.1.